The quantitative estimate of drug-likeness (QED) is 0.287. The summed E-state index contributed by atoms with van der Waals surface area (Å²) in [5, 5.41) is 4.31. The molecule has 2 aromatic carbocycles. The summed E-state index contributed by atoms with van der Waals surface area (Å²) in [5.74, 6) is -0.279. The zero-order valence-electron chi connectivity index (χ0n) is 23.7. The number of hydrogen-bond donors (Lipinski definition) is 0. The van der Waals surface area contributed by atoms with Gasteiger partial charge in [-0.25, -0.2) is 12.8 Å². The highest BCUT2D eigenvalue weighted by atomic mass is 32.2. The number of piperazine rings is 1. The van der Waals surface area contributed by atoms with E-state index >= 15 is 0 Å². The second-order valence-electron chi connectivity index (χ2n) is 10.9. The molecule has 0 spiro atoms. The molecule has 0 amide bonds. The molecule has 10 heteroatoms. The van der Waals surface area contributed by atoms with Gasteiger partial charge in [-0.2, -0.15) is 14.1 Å². The molecule has 41 heavy (non-hydrogen) atoms. The zero-order valence-corrected chi connectivity index (χ0v) is 24.5. The van der Waals surface area contributed by atoms with Crippen LogP contribution < -0.4 is 15.2 Å². The first-order chi connectivity index (χ1) is 19.9. The van der Waals surface area contributed by atoms with E-state index in [1.807, 2.05) is 17.0 Å². The molecule has 1 saturated heterocycles. The minimum Gasteiger partial charge on any atom is -0.482 e. The van der Waals surface area contributed by atoms with Gasteiger partial charge >= 0.3 is 5.56 Å². The summed E-state index contributed by atoms with van der Waals surface area (Å²) >= 11 is 0. The number of benzene rings is 2. The molecule has 2 aliphatic rings. The number of fused-ring (bicyclic) bond motifs is 1. The number of para-hydroxylation sites is 1. The van der Waals surface area contributed by atoms with E-state index in [0.29, 0.717) is 51.1 Å². The molecule has 3 aromatic rings. The van der Waals surface area contributed by atoms with E-state index in [0.717, 1.165) is 30.4 Å². The Balaban J connectivity index is 1.33. The summed E-state index contributed by atoms with van der Waals surface area (Å²) in [6, 6.07) is 14.1. The Morgan fingerprint density at radius 1 is 0.878 bits per heavy atom. The van der Waals surface area contributed by atoms with Gasteiger partial charge in [-0.1, -0.05) is 75.4 Å². The Labute approximate surface area is 241 Å². The van der Waals surface area contributed by atoms with Gasteiger partial charge in [0, 0.05) is 39.0 Å². The third kappa shape index (κ3) is 6.81. The number of halogens is 1. The summed E-state index contributed by atoms with van der Waals surface area (Å²) in [6.07, 6.45) is 8.80. The molecule has 8 nitrogen and oxygen atoms in total. The molecule has 1 aromatic heterocycles. The lowest BCUT2D eigenvalue weighted by Gasteiger charge is -2.36. The maximum Gasteiger partial charge on any atom is 0.316 e. The van der Waals surface area contributed by atoms with Crippen molar-refractivity contribution in [2.24, 2.45) is 0 Å². The van der Waals surface area contributed by atoms with Gasteiger partial charge in [0.15, 0.2) is 0 Å². The molecule has 1 aliphatic carbocycles. The summed E-state index contributed by atoms with van der Waals surface area (Å²) in [6.45, 7) is 3.62. The van der Waals surface area contributed by atoms with Crippen molar-refractivity contribution >= 4 is 15.7 Å². The van der Waals surface area contributed by atoms with Crippen LogP contribution in [0.2, 0.25) is 0 Å². The van der Waals surface area contributed by atoms with Crippen LogP contribution in [0.25, 0.3) is 5.69 Å². The number of unbranched alkanes of at least 4 members (excludes halogenated alkanes) is 5. The number of nitrogens with zero attached hydrogens (tertiary/aromatic N) is 4. The predicted molar refractivity (Wildman–Crippen MR) is 159 cm³/mol. The van der Waals surface area contributed by atoms with E-state index in [4.69, 9.17) is 4.74 Å². The van der Waals surface area contributed by atoms with Gasteiger partial charge in [-0.3, -0.25) is 4.79 Å². The molecule has 5 rings (SSSR count). The van der Waals surface area contributed by atoms with Gasteiger partial charge in [-0.05, 0) is 29.7 Å². The molecule has 2 heterocycles. The fourth-order valence-electron chi connectivity index (χ4n) is 5.73. The van der Waals surface area contributed by atoms with E-state index in [1.54, 1.807) is 16.4 Å². The molecule has 0 bridgehead atoms. The third-order valence-electron chi connectivity index (χ3n) is 8.02. The summed E-state index contributed by atoms with van der Waals surface area (Å²) in [4.78, 5) is 15.7. The molecule has 0 radical (unpaired) electrons. The number of aromatic nitrogens is 2. The topological polar surface area (TPSA) is 84.7 Å². The average Bonchev–Trinajstić information content (AvgIpc) is 3.39. The van der Waals surface area contributed by atoms with Crippen molar-refractivity contribution in [2.75, 3.05) is 36.8 Å². The number of anilines is 1. The van der Waals surface area contributed by atoms with Gasteiger partial charge in [0.05, 0.1) is 11.9 Å². The van der Waals surface area contributed by atoms with Gasteiger partial charge in [-0.15, -0.1) is 0 Å². The van der Waals surface area contributed by atoms with Gasteiger partial charge in [0.1, 0.15) is 23.3 Å². The molecule has 220 valence electrons. The monoisotopic (exact) mass is 582 g/mol. The van der Waals surface area contributed by atoms with Crippen LogP contribution in [0.1, 0.15) is 56.6 Å². The van der Waals surface area contributed by atoms with Crippen molar-refractivity contribution in [3.63, 3.8) is 0 Å². The largest absolute Gasteiger partial charge is 0.482 e. The van der Waals surface area contributed by atoms with E-state index in [-0.39, 0.29) is 23.3 Å². The van der Waals surface area contributed by atoms with Crippen LogP contribution in [-0.4, -0.2) is 60.5 Å². The molecule has 0 unspecified atom stereocenters. The van der Waals surface area contributed by atoms with Crippen molar-refractivity contribution in [3.05, 3.63) is 82.0 Å². The molecule has 0 N–H and O–H groups in total. The van der Waals surface area contributed by atoms with Crippen LogP contribution in [0.4, 0.5) is 10.1 Å². The third-order valence-corrected chi connectivity index (χ3v) is 9.98. The first-order valence-electron chi connectivity index (χ1n) is 14.7. The minimum atomic E-state index is -3.34. The normalized spacial score (nSPS) is 16.2. The standard InChI is InChI=1S/C31H39FN4O4S/c1-2-3-4-5-6-11-20-41(38,39)35-18-16-34(17-19-35)29-23-33-36(28-15-10-9-14-27(28)32)31(37)30(29)40-26-21-24-12-7-8-13-25(24)22-26/h7-10,12-15,23,26H,2-6,11,16-22H2,1H3. The van der Waals surface area contributed by atoms with Crippen molar-refractivity contribution in [1.29, 1.82) is 0 Å². The Kier molecular flexibility index (Phi) is 9.39. The van der Waals surface area contributed by atoms with E-state index in [1.165, 1.54) is 35.9 Å². The highest BCUT2D eigenvalue weighted by Gasteiger charge is 2.31. The molecule has 0 atom stereocenters. The minimum absolute atomic E-state index is 0.0502. The predicted octanol–water partition coefficient (Wildman–Crippen LogP) is 4.73. The maximum absolute atomic E-state index is 14.6. The van der Waals surface area contributed by atoms with Gasteiger partial charge in [0.25, 0.3) is 0 Å². The lowest BCUT2D eigenvalue weighted by Crippen LogP contribution is -2.49. The lowest BCUT2D eigenvalue weighted by molar-refractivity contribution is 0.209. The number of rotatable bonds is 12. The Morgan fingerprint density at radius 2 is 1.51 bits per heavy atom. The fraction of sp³-hybridized carbons (Fsp3) is 0.484. The number of hydrogen-bond acceptors (Lipinski definition) is 6. The second kappa shape index (κ2) is 13.2. The molecule has 1 fully saturated rings. The van der Waals surface area contributed by atoms with E-state index < -0.39 is 21.4 Å². The van der Waals surface area contributed by atoms with Gasteiger partial charge < -0.3 is 9.64 Å². The van der Waals surface area contributed by atoms with E-state index in [2.05, 4.69) is 24.2 Å². The smallest absolute Gasteiger partial charge is 0.316 e. The van der Waals surface area contributed by atoms with Crippen LogP contribution in [-0.2, 0) is 22.9 Å². The number of sulfonamides is 1. The summed E-state index contributed by atoms with van der Waals surface area (Å²) in [5.41, 5.74) is 2.39. The Morgan fingerprint density at radius 3 is 2.20 bits per heavy atom. The molecular weight excluding hydrogens is 543 g/mol. The average molecular weight is 583 g/mol. The fourth-order valence-corrected chi connectivity index (χ4v) is 7.28. The van der Waals surface area contributed by atoms with E-state index in [9.17, 15) is 17.6 Å². The first-order valence-corrected chi connectivity index (χ1v) is 16.3. The zero-order chi connectivity index (χ0) is 28.8. The lowest BCUT2D eigenvalue weighted by atomic mass is 10.1. The van der Waals surface area contributed by atoms with Crippen molar-refractivity contribution in [3.8, 4) is 11.4 Å². The van der Waals surface area contributed by atoms with Crippen LogP contribution >= 0.6 is 0 Å². The van der Waals surface area contributed by atoms with Crippen LogP contribution in [0.5, 0.6) is 5.75 Å². The number of ether oxygens (including phenoxy) is 1. The Hall–Kier alpha value is -3.24. The SMILES string of the molecule is CCCCCCCCS(=O)(=O)N1CCN(c2cnn(-c3ccccc3F)c(=O)c2OC2Cc3ccccc3C2)CC1. The van der Waals surface area contributed by atoms with Crippen molar-refractivity contribution in [2.45, 2.75) is 64.4 Å². The van der Waals surface area contributed by atoms with Crippen molar-refractivity contribution in [1.82, 2.24) is 14.1 Å². The Bertz CT molecular complexity index is 1480. The molecule has 1 aliphatic heterocycles. The molecule has 0 saturated carbocycles. The first kappa shape index (κ1) is 29.3. The molecular formula is C31H39FN4O4S. The van der Waals surface area contributed by atoms with Gasteiger partial charge in [0.2, 0.25) is 15.8 Å². The highest BCUT2D eigenvalue weighted by molar-refractivity contribution is 7.89. The summed E-state index contributed by atoms with van der Waals surface area (Å²) in [7, 11) is -3.34. The van der Waals surface area contributed by atoms with Crippen LogP contribution in [0.15, 0.2) is 59.5 Å². The highest BCUT2D eigenvalue weighted by Crippen LogP contribution is 2.31. The second-order valence-corrected chi connectivity index (χ2v) is 13.0. The maximum atomic E-state index is 14.6. The summed E-state index contributed by atoms with van der Waals surface area (Å²) < 4.78 is 49.6. The van der Waals surface area contributed by atoms with Crippen molar-refractivity contribution < 1.29 is 17.5 Å². The van der Waals surface area contributed by atoms with Crippen LogP contribution in [0.3, 0.4) is 0 Å². The van der Waals surface area contributed by atoms with Crippen LogP contribution in [0, 0.1) is 5.82 Å².